The number of halogens is 2. The molecule has 4 aromatic rings. The number of nitrogens with one attached hydrogen (secondary N) is 1. The Labute approximate surface area is 234 Å². The zero-order valence-electron chi connectivity index (χ0n) is 20.8. The summed E-state index contributed by atoms with van der Waals surface area (Å²) in [5.74, 6) is -0.801. The Balaban J connectivity index is 1.84. The molecule has 3 N–H and O–H groups in total. The summed E-state index contributed by atoms with van der Waals surface area (Å²) in [6.45, 7) is 3.96. The van der Waals surface area contributed by atoms with E-state index in [1.165, 1.54) is 18.2 Å². The number of aryl methyl sites for hydroxylation is 1. The van der Waals surface area contributed by atoms with Gasteiger partial charge in [-0.05, 0) is 54.6 Å². The van der Waals surface area contributed by atoms with Crippen molar-refractivity contribution in [2.45, 2.75) is 25.2 Å². The smallest absolute Gasteiger partial charge is 0.298 e. The van der Waals surface area contributed by atoms with E-state index in [0.717, 1.165) is 0 Å². The van der Waals surface area contributed by atoms with E-state index in [9.17, 15) is 22.9 Å². The lowest BCUT2D eigenvalue weighted by Gasteiger charge is -2.14. The second-order valence-electron chi connectivity index (χ2n) is 8.32. The van der Waals surface area contributed by atoms with Crippen molar-refractivity contribution in [3.05, 3.63) is 81.8 Å². The zero-order chi connectivity index (χ0) is 28.3. The molecule has 1 amide bonds. The molecule has 0 unspecified atom stereocenters. The number of amides is 1. The van der Waals surface area contributed by atoms with Crippen LogP contribution in [0.2, 0.25) is 10.0 Å². The number of nitrogens with zero attached hydrogens (tertiary/aromatic N) is 2. The molecular weight excluding hydrogens is 565 g/mol. The summed E-state index contributed by atoms with van der Waals surface area (Å²) in [4.78, 5) is 12.7. The van der Waals surface area contributed by atoms with Crippen LogP contribution in [-0.4, -0.2) is 30.6 Å². The lowest BCUT2D eigenvalue weighted by Crippen LogP contribution is -2.13. The summed E-state index contributed by atoms with van der Waals surface area (Å²) in [6, 6.07) is 15.9. The molecule has 0 saturated carbocycles. The molecule has 0 aliphatic rings. The molecule has 4 rings (SSSR count). The molecule has 0 radical (unpaired) electrons. The highest BCUT2D eigenvalue weighted by atomic mass is 35.5. The van der Waals surface area contributed by atoms with Crippen molar-refractivity contribution in [2.24, 2.45) is 10.2 Å². The Morgan fingerprint density at radius 1 is 1.03 bits per heavy atom. The molecule has 39 heavy (non-hydrogen) atoms. The van der Waals surface area contributed by atoms with Crippen molar-refractivity contribution in [3.8, 4) is 11.5 Å². The highest BCUT2D eigenvalue weighted by Crippen LogP contribution is 2.41. The highest BCUT2D eigenvalue weighted by Gasteiger charge is 2.23. The SMILES string of the molecule is CCOc1cc(Cl)ccc1NC(=O)c1cc2ccccc2c(N=Nc2cc(CC)cc(Cl)c2S(=O)(=O)O)c1O. The van der Waals surface area contributed by atoms with Gasteiger partial charge in [-0.2, -0.15) is 8.42 Å². The second-order valence-corrected chi connectivity index (χ2v) is 10.5. The van der Waals surface area contributed by atoms with Crippen LogP contribution in [0, 0.1) is 0 Å². The molecule has 0 heterocycles. The first-order valence-corrected chi connectivity index (χ1v) is 13.9. The lowest BCUT2D eigenvalue weighted by atomic mass is 10.0. The van der Waals surface area contributed by atoms with Crippen LogP contribution < -0.4 is 10.1 Å². The van der Waals surface area contributed by atoms with Gasteiger partial charge in [0.15, 0.2) is 5.75 Å². The van der Waals surface area contributed by atoms with Gasteiger partial charge in [-0.3, -0.25) is 9.35 Å². The molecule has 0 bridgehead atoms. The van der Waals surface area contributed by atoms with Gasteiger partial charge in [0, 0.05) is 16.5 Å². The summed E-state index contributed by atoms with van der Waals surface area (Å²) >= 11 is 12.2. The number of ether oxygens (including phenoxy) is 1. The molecule has 0 spiro atoms. The molecule has 4 aromatic carbocycles. The maximum absolute atomic E-state index is 13.3. The van der Waals surface area contributed by atoms with Crippen molar-refractivity contribution in [1.29, 1.82) is 0 Å². The first-order valence-electron chi connectivity index (χ1n) is 11.7. The number of aromatic hydroxyl groups is 1. The van der Waals surface area contributed by atoms with Crippen molar-refractivity contribution in [3.63, 3.8) is 0 Å². The maximum atomic E-state index is 13.3. The molecule has 0 fully saturated rings. The summed E-state index contributed by atoms with van der Waals surface area (Å²) < 4.78 is 39.3. The van der Waals surface area contributed by atoms with Gasteiger partial charge in [-0.1, -0.05) is 54.4 Å². The average molecular weight is 588 g/mol. The number of azo groups is 1. The van der Waals surface area contributed by atoms with Crippen LogP contribution >= 0.6 is 23.2 Å². The van der Waals surface area contributed by atoms with Gasteiger partial charge in [0.1, 0.15) is 22.0 Å². The Hall–Kier alpha value is -3.70. The third kappa shape index (κ3) is 6.15. The summed E-state index contributed by atoms with van der Waals surface area (Å²) in [5, 5.41) is 23.2. The van der Waals surface area contributed by atoms with Gasteiger partial charge in [0.05, 0.1) is 22.9 Å². The van der Waals surface area contributed by atoms with Crippen LogP contribution in [0.3, 0.4) is 0 Å². The van der Waals surface area contributed by atoms with E-state index in [2.05, 4.69) is 15.5 Å². The van der Waals surface area contributed by atoms with Crippen molar-refractivity contribution in [1.82, 2.24) is 0 Å². The molecule has 9 nitrogen and oxygen atoms in total. The third-order valence-electron chi connectivity index (χ3n) is 5.74. The maximum Gasteiger partial charge on any atom is 0.298 e. The third-order valence-corrected chi connectivity index (χ3v) is 7.33. The van der Waals surface area contributed by atoms with Crippen LogP contribution in [-0.2, 0) is 16.5 Å². The summed E-state index contributed by atoms with van der Waals surface area (Å²) in [7, 11) is -4.75. The predicted octanol–water partition coefficient (Wildman–Crippen LogP) is 7.73. The number of rotatable bonds is 8. The number of carbonyl (C=O) groups excluding carboxylic acids is 1. The Morgan fingerprint density at radius 3 is 2.46 bits per heavy atom. The zero-order valence-corrected chi connectivity index (χ0v) is 23.1. The standard InChI is InChI=1S/C27H23Cl2N3O6S/c1-3-15-11-20(29)26(39(35,36)37)22(12-15)31-32-24-18-8-6-5-7-16(18)13-19(25(24)33)27(34)30-21-10-9-17(28)14-23(21)38-4-2/h5-14,33H,3-4H2,1-2H3,(H,30,34)(H,35,36,37). The Bertz CT molecular complexity index is 1720. The number of benzene rings is 4. The summed E-state index contributed by atoms with van der Waals surface area (Å²) in [6.07, 6.45) is 0.506. The molecular formula is C27H23Cl2N3O6S. The van der Waals surface area contributed by atoms with Gasteiger partial charge in [0.25, 0.3) is 16.0 Å². The average Bonchev–Trinajstić information content (AvgIpc) is 2.88. The highest BCUT2D eigenvalue weighted by molar-refractivity contribution is 7.86. The van der Waals surface area contributed by atoms with Gasteiger partial charge in [-0.25, -0.2) is 0 Å². The quantitative estimate of drug-likeness (QED) is 0.142. The number of phenols is 1. The van der Waals surface area contributed by atoms with Crippen LogP contribution in [0.5, 0.6) is 11.5 Å². The predicted molar refractivity (Wildman–Crippen MR) is 151 cm³/mol. The minimum atomic E-state index is -4.75. The first kappa shape index (κ1) is 28.3. The van der Waals surface area contributed by atoms with E-state index >= 15 is 0 Å². The van der Waals surface area contributed by atoms with E-state index in [1.807, 2.05) is 6.92 Å². The minimum absolute atomic E-state index is 0.0845. The molecule has 12 heteroatoms. The fraction of sp³-hybridized carbons (Fsp3) is 0.148. The lowest BCUT2D eigenvalue weighted by molar-refractivity contribution is 0.102. The van der Waals surface area contributed by atoms with Crippen molar-refractivity contribution >= 4 is 67.1 Å². The monoisotopic (exact) mass is 587 g/mol. The van der Waals surface area contributed by atoms with Crippen molar-refractivity contribution in [2.75, 3.05) is 11.9 Å². The Morgan fingerprint density at radius 2 is 1.77 bits per heavy atom. The largest absolute Gasteiger partial charge is 0.505 e. The van der Waals surface area contributed by atoms with E-state index in [-0.39, 0.29) is 22.0 Å². The molecule has 0 atom stereocenters. The van der Waals surface area contributed by atoms with E-state index < -0.39 is 26.7 Å². The van der Waals surface area contributed by atoms with Gasteiger partial charge < -0.3 is 15.2 Å². The van der Waals surface area contributed by atoms with Gasteiger partial charge >= 0.3 is 0 Å². The Kier molecular flexibility index (Phi) is 8.41. The number of hydrogen-bond acceptors (Lipinski definition) is 7. The number of anilines is 1. The van der Waals surface area contributed by atoms with Crippen LogP contribution in [0.4, 0.5) is 17.1 Å². The van der Waals surface area contributed by atoms with E-state index in [0.29, 0.717) is 45.8 Å². The number of carbonyl (C=O) groups is 1. The summed E-state index contributed by atoms with van der Waals surface area (Å²) in [5.41, 5.74) is 0.569. The number of hydrogen-bond donors (Lipinski definition) is 3. The first-order chi connectivity index (χ1) is 18.5. The topological polar surface area (TPSA) is 138 Å². The normalized spacial score (nSPS) is 11.7. The fourth-order valence-corrected chi connectivity index (χ4v) is 5.29. The van der Waals surface area contributed by atoms with Crippen LogP contribution in [0.15, 0.2) is 75.8 Å². The second kappa shape index (κ2) is 11.6. The number of fused-ring (bicyclic) bond motifs is 1. The molecule has 0 saturated heterocycles. The van der Waals surface area contributed by atoms with Gasteiger partial charge in [-0.15, -0.1) is 10.2 Å². The van der Waals surface area contributed by atoms with Crippen LogP contribution in [0.25, 0.3) is 10.8 Å². The molecule has 202 valence electrons. The van der Waals surface area contributed by atoms with Gasteiger partial charge in [0.2, 0.25) is 0 Å². The van der Waals surface area contributed by atoms with Crippen LogP contribution in [0.1, 0.15) is 29.8 Å². The van der Waals surface area contributed by atoms with E-state index in [4.69, 9.17) is 27.9 Å². The number of phenolic OH excluding ortho intramolecular Hbond substituents is 1. The minimum Gasteiger partial charge on any atom is -0.505 e. The molecule has 0 aliphatic heterocycles. The molecule has 0 aliphatic carbocycles. The van der Waals surface area contributed by atoms with E-state index in [1.54, 1.807) is 49.4 Å². The fourth-order valence-electron chi connectivity index (χ4n) is 3.93. The molecule has 0 aromatic heterocycles. The van der Waals surface area contributed by atoms with Crippen molar-refractivity contribution < 1.29 is 27.6 Å².